The van der Waals surface area contributed by atoms with Crippen LogP contribution in [0, 0.1) is 0 Å². The largest absolute Gasteiger partial charge is 0.508 e. The fraction of sp³-hybridized carbons (Fsp3) is 0.500. The van der Waals surface area contributed by atoms with Crippen molar-refractivity contribution < 1.29 is 20.4 Å². The number of rotatable bonds is 5. The lowest BCUT2D eigenvalue weighted by Crippen LogP contribution is -2.23. The summed E-state index contributed by atoms with van der Waals surface area (Å²) in [5, 5.41) is 37.2. The zero-order valence-electron chi connectivity index (χ0n) is 9.30. The Hall–Kier alpha value is -1.10. The fourth-order valence-corrected chi connectivity index (χ4v) is 1.58. The van der Waals surface area contributed by atoms with E-state index in [9.17, 15) is 10.2 Å². The van der Waals surface area contributed by atoms with Crippen molar-refractivity contribution in [2.24, 2.45) is 0 Å². The van der Waals surface area contributed by atoms with Gasteiger partial charge in [0.2, 0.25) is 0 Å². The minimum atomic E-state index is -0.783. The Morgan fingerprint density at radius 1 is 1.25 bits per heavy atom. The van der Waals surface area contributed by atoms with E-state index in [1.54, 1.807) is 12.1 Å². The van der Waals surface area contributed by atoms with Crippen LogP contribution in [0.2, 0.25) is 0 Å². The summed E-state index contributed by atoms with van der Waals surface area (Å²) in [6.07, 6.45) is -0.645. The monoisotopic (exact) mass is 226 g/mol. The van der Waals surface area contributed by atoms with E-state index in [2.05, 4.69) is 0 Å². The van der Waals surface area contributed by atoms with Gasteiger partial charge in [-0.05, 0) is 31.4 Å². The van der Waals surface area contributed by atoms with Crippen LogP contribution < -0.4 is 0 Å². The molecule has 0 spiro atoms. The molecule has 0 bridgehead atoms. The third kappa shape index (κ3) is 3.20. The van der Waals surface area contributed by atoms with Crippen molar-refractivity contribution in [3.8, 4) is 5.75 Å². The summed E-state index contributed by atoms with van der Waals surface area (Å²) in [4.78, 5) is 0. The summed E-state index contributed by atoms with van der Waals surface area (Å²) in [5.74, 6) is 0.0616. The number of aliphatic hydroxyl groups excluding tert-OH is 3. The lowest BCUT2D eigenvalue weighted by molar-refractivity contribution is 0.0264. The van der Waals surface area contributed by atoms with Crippen LogP contribution in [0.5, 0.6) is 5.75 Å². The molecule has 90 valence electrons. The number of aryl methyl sites for hydroxylation is 1. The maximum Gasteiger partial charge on any atom is 0.121 e. The van der Waals surface area contributed by atoms with Crippen LogP contribution in [-0.4, -0.2) is 32.6 Å². The van der Waals surface area contributed by atoms with Crippen LogP contribution >= 0.6 is 0 Å². The summed E-state index contributed by atoms with van der Waals surface area (Å²) in [5.41, 5.74) is 1.28. The van der Waals surface area contributed by atoms with Crippen LogP contribution in [-0.2, 0) is 13.0 Å². The number of phenols is 1. The summed E-state index contributed by atoms with van der Waals surface area (Å²) in [6, 6.07) is 5.00. The molecule has 0 radical (unpaired) electrons. The molecule has 0 aromatic heterocycles. The molecule has 2 atom stereocenters. The molecule has 0 aliphatic rings. The topological polar surface area (TPSA) is 80.9 Å². The summed E-state index contributed by atoms with van der Waals surface area (Å²) in [7, 11) is 0. The van der Waals surface area contributed by atoms with Crippen molar-refractivity contribution >= 4 is 0 Å². The molecule has 1 aromatic rings. The van der Waals surface area contributed by atoms with Gasteiger partial charge in [0.05, 0.1) is 18.8 Å². The Labute approximate surface area is 94.8 Å². The summed E-state index contributed by atoms with van der Waals surface area (Å²) < 4.78 is 0. The van der Waals surface area contributed by atoms with E-state index >= 15 is 0 Å². The molecule has 4 N–H and O–H groups in total. The number of hydrogen-bond acceptors (Lipinski definition) is 4. The first kappa shape index (κ1) is 13.0. The van der Waals surface area contributed by atoms with Crippen LogP contribution in [0.1, 0.15) is 24.5 Å². The summed E-state index contributed by atoms with van der Waals surface area (Å²) in [6.45, 7) is 1.30. The molecule has 0 amide bonds. The number of aliphatic hydroxyl groups is 3. The van der Waals surface area contributed by atoms with Gasteiger partial charge in [0.15, 0.2) is 0 Å². The average Bonchev–Trinajstić information content (AvgIpc) is 2.25. The van der Waals surface area contributed by atoms with E-state index in [1.807, 2.05) is 0 Å². The van der Waals surface area contributed by atoms with Gasteiger partial charge in [-0.3, -0.25) is 0 Å². The van der Waals surface area contributed by atoms with Crippen LogP contribution in [0.3, 0.4) is 0 Å². The Morgan fingerprint density at radius 2 is 1.94 bits per heavy atom. The highest BCUT2D eigenvalue weighted by molar-refractivity contribution is 5.38. The molecule has 2 unspecified atom stereocenters. The molecule has 1 rings (SSSR count). The van der Waals surface area contributed by atoms with Gasteiger partial charge < -0.3 is 20.4 Å². The van der Waals surface area contributed by atoms with Gasteiger partial charge in [0.1, 0.15) is 5.75 Å². The molecule has 0 saturated heterocycles. The predicted octanol–water partition coefficient (Wildman–Crippen LogP) is 0.559. The van der Waals surface area contributed by atoms with Crippen LogP contribution in [0.15, 0.2) is 18.2 Å². The molecule has 4 heteroatoms. The van der Waals surface area contributed by atoms with E-state index < -0.39 is 12.2 Å². The number of hydrogen-bond donors (Lipinski definition) is 4. The molecule has 0 heterocycles. The van der Waals surface area contributed by atoms with Gasteiger partial charge in [-0.2, -0.15) is 0 Å². The average molecular weight is 226 g/mol. The second kappa shape index (κ2) is 5.84. The molecule has 0 aliphatic carbocycles. The number of aromatic hydroxyl groups is 1. The van der Waals surface area contributed by atoms with Gasteiger partial charge in [-0.1, -0.05) is 12.1 Å². The minimum absolute atomic E-state index is 0.0616. The second-order valence-electron chi connectivity index (χ2n) is 3.92. The molecular formula is C12H18O4. The summed E-state index contributed by atoms with van der Waals surface area (Å²) >= 11 is 0. The van der Waals surface area contributed by atoms with Crippen molar-refractivity contribution in [1.29, 1.82) is 0 Å². The first-order valence-electron chi connectivity index (χ1n) is 5.33. The van der Waals surface area contributed by atoms with Crippen molar-refractivity contribution in [3.63, 3.8) is 0 Å². The maximum absolute atomic E-state index is 9.49. The predicted molar refractivity (Wildman–Crippen MR) is 60.0 cm³/mol. The van der Waals surface area contributed by atoms with Gasteiger partial charge in [0.25, 0.3) is 0 Å². The Kier molecular flexibility index (Phi) is 4.73. The zero-order valence-corrected chi connectivity index (χ0v) is 9.30. The lowest BCUT2D eigenvalue weighted by Gasteiger charge is -2.15. The smallest absolute Gasteiger partial charge is 0.121 e. The Bertz CT molecular complexity index is 336. The highest BCUT2D eigenvalue weighted by Crippen LogP contribution is 2.22. The highest BCUT2D eigenvalue weighted by atomic mass is 16.3. The SMILES string of the molecule is CC(O)C(O)CCc1cccc(O)c1CO. The van der Waals surface area contributed by atoms with E-state index in [0.29, 0.717) is 18.4 Å². The normalized spacial score (nSPS) is 14.8. The zero-order chi connectivity index (χ0) is 12.1. The molecule has 0 aliphatic heterocycles. The lowest BCUT2D eigenvalue weighted by atomic mass is 9.99. The molecule has 1 aromatic carbocycles. The Morgan fingerprint density at radius 3 is 2.50 bits per heavy atom. The molecule has 16 heavy (non-hydrogen) atoms. The minimum Gasteiger partial charge on any atom is -0.508 e. The van der Waals surface area contributed by atoms with Crippen molar-refractivity contribution in [3.05, 3.63) is 29.3 Å². The van der Waals surface area contributed by atoms with Gasteiger partial charge >= 0.3 is 0 Å². The van der Waals surface area contributed by atoms with Gasteiger partial charge in [-0.15, -0.1) is 0 Å². The highest BCUT2D eigenvalue weighted by Gasteiger charge is 2.13. The molecule has 0 saturated carbocycles. The third-order valence-electron chi connectivity index (χ3n) is 2.67. The van der Waals surface area contributed by atoms with Crippen LogP contribution in [0.25, 0.3) is 0 Å². The second-order valence-corrected chi connectivity index (χ2v) is 3.92. The van der Waals surface area contributed by atoms with Gasteiger partial charge in [0, 0.05) is 5.56 Å². The van der Waals surface area contributed by atoms with E-state index in [1.165, 1.54) is 13.0 Å². The quantitative estimate of drug-likeness (QED) is 0.591. The molecule has 4 nitrogen and oxygen atoms in total. The number of benzene rings is 1. The Balaban J connectivity index is 2.70. The van der Waals surface area contributed by atoms with Crippen LogP contribution in [0.4, 0.5) is 0 Å². The van der Waals surface area contributed by atoms with E-state index in [4.69, 9.17) is 10.2 Å². The third-order valence-corrected chi connectivity index (χ3v) is 2.67. The molecule has 0 fully saturated rings. The first-order valence-corrected chi connectivity index (χ1v) is 5.33. The molecular weight excluding hydrogens is 208 g/mol. The standard InChI is InChI=1S/C12H18O4/c1-8(14)11(15)6-5-9-3-2-4-12(16)10(9)7-13/h2-4,8,11,13-16H,5-7H2,1H3. The van der Waals surface area contributed by atoms with Crippen molar-refractivity contribution in [2.75, 3.05) is 0 Å². The van der Waals surface area contributed by atoms with Crippen molar-refractivity contribution in [2.45, 2.75) is 38.6 Å². The van der Waals surface area contributed by atoms with E-state index in [0.717, 1.165) is 5.56 Å². The first-order chi connectivity index (χ1) is 7.56. The van der Waals surface area contributed by atoms with Gasteiger partial charge in [-0.25, -0.2) is 0 Å². The fourth-order valence-electron chi connectivity index (χ4n) is 1.58. The van der Waals surface area contributed by atoms with Crippen molar-refractivity contribution in [1.82, 2.24) is 0 Å². The van der Waals surface area contributed by atoms with E-state index in [-0.39, 0.29) is 12.4 Å². The maximum atomic E-state index is 9.49.